The van der Waals surface area contributed by atoms with Crippen LogP contribution in [-0.2, 0) is 5.75 Å². The van der Waals surface area contributed by atoms with Gasteiger partial charge in [0, 0.05) is 10.2 Å². The minimum atomic E-state index is -0.314. The summed E-state index contributed by atoms with van der Waals surface area (Å²) in [5.41, 5.74) is 1.76. The van der Waals surface area contributed by atoms with Crippen LogP contribution in [0.25, 0.3) is 5.69 Å². The summed E-state index contributed by atoms with van der Waals surface area (Å²) in [6.07, 6.45) is 0. The normalized spacial score (nSPS) is 10.8. The van der Waals surface area contributed by atoms with Gasteiger partial charge in [-0.25, -0.2) is 4.39 Å². The Hall–Kier alpha value is -1.73. The number of thioether (sulfide) groups is 1. The van der Waals surface area contributed by atoms with Crippen molar-refractivity contribution in [1.29, 1.82) is 0 Å². The van der Waals surface area contributed by atoms with Crippen LogP contribution in [0.3, 0.4) is 0 Å². The smallest absolute Gasteiger partial charge is 0.207 e. The molecule has 106 valence electrons. The van der Waals surface area contributed by atoms with Gasteiger partial charge in [0.05, 0.1) is 5.69 Å². The number of nitrogens with zero attached hydrogens (tertiary/aromatic N) is 4. The largest absolute Gasteiger partial charge is 0.214 e. The first-order valence-corrected chi connectivity index (χ1v) is 7.92. The fourth-order valence-corrected chi connectivity index (χ4v) is 3.09. The average molecular weight is 365 g/mol. The van der Waals surface area contributed by atoms with Crippen molar-refractivity contribution < 1.29 is 4.39 Å². The van der Waals surface area contributed by atoms with Crippen LogP contribution in [-0.4, -0.2) is 20.2 Å². The number of tetrazole rings is 1. The zero-order chi connectivity index (χ0) is 14.7. The van der Waals surface area contributed by atoms with Crippen LogP contribution in [0.1, 0.15) is 5.56 Å². The summed E-state index contributed by atoms with van der Waals surface area (Å²) < 4.78 is 15.9. The fourth-order valence-electron chi connectivity index (χ4n) is 1.81. The van der Waals surface area contributed by atoms with E-state index in [-0.39, 0.29) is 5.82 Å². The van der Waals surface area contributed by atoms with Crippen molar-refractivity contribution in [2.24, 2.45) is 0 Å². The Morgan fingerprint density at radius 2 is 2.00 bits per heavy atom. The molecule has 1 aromatic heterocycles. The summed E-state index contributed by atoms with van der Waals surface area (Å²) in [6.45, 7) is 0. The van der Waals surface area contributed by atoms with Crippen molar-refractivity contribution in [2.45, 2.75) is 10.9 Å². The zero-order valence-corrected chi connectivity index (χ0v) is 13.2. The minimum Gasteiger partial charge on any atom is -0.207 e. The Kier molecular flexibility index (Phi) is 4.31. The number of hydrogen-bond donors (Lipinski definition) is 0. The fraction of sp³-hybridized carbons (Fsp3) is 0.0714. The first-order chi connectivity index (χ1) is 10.2. The van der Waals surface area contributed by atoms with Gasteiger partial charge in [0.1, 0.15) is 5.82 Å². The molecule has 0 fully saturated rings. The predicted molar refractivity (Wildman–Crippen MR) is 82.8 cm³/mol. The van der Waals surface area contributed by atoms with Crippen molar-refractivity contribution in [3.63, 3.8) is 0 Å². The quantitative estimate of drug-likeness (QED) is 0.659. The molecule has 3 aromatic rings. The molecule has 0 amide bonds. The van der Waals surface area contributed by atoms with Gasteiger partial charge in [-0.05, 0) is 46.3 Å². The van der Waals surface area contributed by atoms with E-state index in [0.29, 0.717) is 10.8 Å². The van der Waals surface area contributed by atoms with Gasteiger partial charge >= 0.3 is 0 Å². The van der Waals surface area contributed by atoms with E-state index < -0.39 is 0 Å². The van der Waals surface area contributed by atoms with Crippen LogP contribution in [0.5, 0.6) is 0 Å². The maximum Gasteiger partial charge on any atom is 0.214 e. The van der Waals surface area contributed by atoms with E-state index in [0.717, 1.165) is 15.8 Å². The number of rotatable bonds is 4. The van der Waals surface area contributed by atoms with E-state index in [4.69, 9.17) is 0 Å². The molecule has 1 heterocycles. The SMILES string of the molecule is Fc1cccc(-n2nnnc2SCc2cccc(Br)c2)c1. The van der Waals surface area contributed by atoms with Crippen LogP contribution < -0.4 is 0 Å². The standard InChI is InChI=1S/C14H10BrFN4S/c15-11-4-1-3-10(7-11)9-21-14-17-18-19-20(14)13-6-2-5-12(16)8-13/h1-8H,9H2. The third-order valence-electron chi connectivity index (χ3n) is 2.75. The van der Waals surface area contributed by atoms with E-state index in [1.54, 1.807) is 12.1 Å². The molecule has 21 heavy (non-hydrogen) atoms. The second kappa shape index (κ2) is 6.36. The number of halogens is 2. The second-order valence-corrected chi connectivity index (χ2v) is 6.13. The molecule has 0 aliphatic carbocycles. The molecule has 0 unspecified atom stereocenters. The van der Waals surface area contributed by atoms with Gasteiger partial charge in [0.15, 0.2) is 0 Å². The highest BCUT2D eigenvalue weighted by molar-refractivity contribution is 9.10. The van der Waals surface area contributed by atoms with E-state index in [1.807, 2.05) is 24.3 Å². The molecule has 3 rings (SSSR count). The van der Waals surface area contributed by atoms with E-state index in [9.17, 15) is 4.39 Å². The molecule has 0 spiro atoms. The molecule has 4 nitrogen and oxygen atoms in total. The molecule has 0 saturated heterocycles. The maximum absolute atomic E-state index is 13.3. The Bertz CT molecular complexity index is 762. The first-order valence-electron chi connectivity index (χ1n) is 6.14. The molecule has 7 heteroatoms. The third-order valence-corrected chi connectivity index (χ3v) is 4.23. The second-order valence-electron chi connectivity index (χ2n) is 4.27. The molecule has 0 saturated carbocycles. The summed E-state index contributed by atoms with van der Waals surface area (Å²) >= 11 is 4.94. The summed E-state index contributed by atoms with van der Waals surface area (Å²) in [5.74, 6) is 0.417. The van der Waals surface area contributed by atoms with Crippen molar-refractivity contribution in [2.75, 3.05) is 0 Å². The molecule has 0 aliphatic rings. The highest BCUT2D eigenvalue weighted by atomic mass is 79.9. The lowest BCUT2D eigenvalue weighted by Crippen LogP contribution is -1.99. The Morgan fingerprint density at radius 3 is 2.81 bits per heavy atom. The van der Waals surface area contributed by atoms with Gasteiger partial charge in [-0.2, -0.15) is 4.68 Å². The summed E-state index contributed by atoms with van der Waals surface area (Å²) in [6, 6.07) is 14.2. The lowest BCUT2D eigenvalue weighted by atomic mass is 10.2. The van der Waals surface area contributed by atoms with Crippen LogP contribution in [0, 0.1) is 5.82 Å². The lowest BCUT2D eigenvalue weighted by molar-refractivity contribution is 0.623. The van der Waals surface area contributed by atoms with Gasteiger partial charge in [-0.1, -0.05) is 45.9 Å². The average Bonchev–Trinajstić information content (AvgIpc) is 2.94. The van der Waals surface area contributed by atoms with E-state index >= 15 is 0 Å². The predicted octanol–water partition coefficient (Wildman–Crippen LogP) is 3.86. The monoisotopic (exact) mass is 364 g/mol. The molecule has 2 aromatic carbocycles. The first kappa shape index (κ1) is 14.2. The topological polar surface area (TPSA) is 43.6 Å². The van der Waals surface area contributed by atoms with Gasteiger partial charge in [-0.3, -0.25) is 0 Å². The molecular formula is C14H10BrFN4S. The van der Waals surface area contributed by atoms with Gasteiger partial charge in [0.25, 0.3) is 0 Å². The van der Waals surface area contributed by atoms with Crippen LogP contribution in [0.4, 0.5) is 4.39 Å². The minimum absolute atomic E-state index is 0.314. The lowest BCUT2D eigenvalue weighted by Gasteiger charge is -2.04. The van der Waals surface area contributed by atoms with Crippen molar-refractivity contribution in [1.82, 2.24) is 20.2 Å². The van der Waals surface area contributed by atoms with E-state index in [2.05, 4.69) is 31.5 Å². The molecule has 0 aliphatic heterocycles. The molecule has 0 atom stereocenters. The van der Waals surface area contributed by atoms with Gasteiger partial charge in [-0.15, -0.1) is 5.10 Å². The summed E-state index contributed by atoms with van der Waals surface area (Å²) in [4.78, 5) is 0. The van der Waals surface area contributed by atoms with Crippen molar-refractivity contribution in [3.8, 4) is 5.69 Å². The Labute approximate surface area is 133 Å². The summed E-state index contributed by atoms with van der Waals surface area (Å²) in [5, 5.41) is 12.2. The molecule has 0 bridgehead atoms. The number of hydrogen-bond acceptors (Lipinski definition) is 4. The highest BCUT2D eigenvalue weighted by Gasteiger charge is 2.09. The molecule has 0 N–H and O–H groups in total. The zero-order valence-electron chi connectivity index (χ0n) is 10.8. The molecule has 0 radical (unpaired) electrons. The van der Waals surface area contributed by atoms with Crippen molar-refractivity contribution >= 4 is 27.7 Å². The van der Waals surface area contributed by atoms with Crippen LogP contribution in [0.15, 0.2) is 58.2 Å². The van der Waals surface area contributed by atoms with Gasteiger partial charge in [0.2, 0.25) is 5.16 Å². The van der Waals surface area contributed by atoms with Gasteiger partial charge < -0.3 is 0 Å². The third kappa shape index (κ3) is 3.48. The number of benzene rings is 2. The highest BCUT2D eigenvalue weighted by Crippen LogP contribution is 2.24. The molecular weight excluding hydrogens is 355 g/mol. The van der Waals surface area contributed by atoms with Crippen molar-refractivity contribution in [3.05, 3.63) is 64.4 Å². The van der Waals surface area contributed by atoms with Crippen LogP contribution in [0.2, 0.25) is 0 Å². The number of aromatic nitrogens is 4. The maximum atomic E-state index is 13.3. The summed E-state index contributed by atoms with van der Waals surface area (Å²) in [7, 11) is 0. The Morgan fingerprint density at radius 1 is 1.14 bits per heavy atom. The van der Waals surface area contributed by atoms with Crippen LogP contribution >= 0.6 is 27.7 Å². The Balaban J connectivity index is 1.80. The van der Waals surface area contributed by atoms with E-state index in [1.165, 1.54) is 28.6 Å².